The molecular formula is C17H13N5O3. The Hall–Kier alpha value is -3.81. The number of aliphatic carboxylic acids is 1. The third-order valence-electron chi connectivity index (χ3n) is 3.34. The fourth-order valence-electron chi connectivity index (χ4n) is 2.10. The number of carbonyl (C=O) groups is 2. The van der Waals surface area contributed by atoms with Crippen molar-refractivity contribution in [2.75, 3.05) is 5.32 Å². The number of anilines is 1. The van der Waals surface area contributed by atoms with Gasteiger partial charge in [0.1, 0.15) is 0 Å². The molecular weight excluding hydrogens is 322 g/mol. The predicted octanol–water partition coefficient (Wildman–Crippen LogP) is 2.22. The molecule has 0 saturated carbocycles. The number of carboxylic acid groups (broad SMARTS) is 1. The zero-order chi connectivity index (χ0) is 17.6. The molecule has 1 aromatic heterocycles. The number of nitrogens with one attached hydrogen (secondary N) is 2. The lowest BCUT2D eigenvalue weighted by molar-refractivity contribution is -0.131. The summed E-state index contributed by atoms with van der Waals surface area (Å²) in [6, 6.07) is 13.7. The van der Waals surface area contributed by atoms with Gasteiger partial charge in [0, 0.05) is 22.9 Å². The second kappa shape index (κ2) is 7.18. The van der Waals surface area contributed by atoms with Crippen molar-refractivity contribution >= 4 is 23.6 Å². The lowest BCUT2D eigenvalue weighted by Gasteiger charge is -2.06. The van der Waals surface area contributed by atoms with Crippen molar-refractivity contribution in [3.8, 4) is 11.4 Å². The average Bonchev–Trinajstić information content (AvgIpc) is 3.16. The number of tetrazole rings is 1. The van der Waals surface area contributed by atoms with E-state index in [1.54, 1.807) is 48.5 Å². The highest BCUT2D eigenvalue weighted by molar-refractivity contribution is 6.04. The van der Waals surface area contributed by atoms with E-state index < -0.39 is 5.97 Å². The fourth-order valence-corrected chi connectivity index (χ4v) is 2.10. The summed E-state index contributed by atoms with van der Waals surface area (Å²) in [5.41, 5.74) is 2.58. The number of aromatic amines is 1. The number of carboxylic acids is 1. The molecule has 1 heterocycles. The first-order chi connectivity index (χ1) is 12.1. The maximum atomic E-state index is 12.3. The SMILES string of the molecule is O=C(O)/C=C/c1ccc(NC(=O)c2ccc(-c3nn[nH]n3)cc2)cc1. The van der Waals surface area contributed by atoms with E-state index >= 15 is 0 Å². The molecule has 0 aliphatic heterocycles. The Balaban J connectivity index is 1.66. The zero-order valence-electron chi connectivity index (χ0n) is 12.9. The highest BCUT2D eigenvalue weighted by Gasteiger charge is 2.08. The topological polar surface area (TPSA) is 121 Å². The van der Waals surface area contributed by atoms with Gasteiger partial charge in [0.05, 0.1) is 0 Å². The summed E-state index contributed by atoms with van der Waals surface area (Å²) in [5, 5.41) is 25.0. The van der Waals surface area contributed by atoms with Crippen molar-refractivity contribution in [2.24, 2.45) is 0 Å². The third kappa shape index (κ3) is 4.14. The van der Waals surface area contributed by atoms with Crippen LogP contribution >= 0.6 is 0 Å². The Morgan fingerprint density at radius 3 is 2.36 bits per heavy atom. The molecule has 0 spiro atoms. The smallest absolute Gasteiger partial charge is 0.328 e. The van der Waals surface area contributed by atoms with Crippen molar-refractivity contribution in [2.45, 2.75) is 0 Å². The Morgan fingerprint density at radius 1 is 1.04 bits per heavy atom. The first-order valence-electron chi connectivity index (χ1n) is 7.28. The van der Waals surface area contributed by atoms with Crippen LogP contribution in [0.15, 0.2) is 54.6 Å². The summed E-state index contributed by atoms with van der Waals surface area (Å²) in [5.74, 6) is -0.813. The van der Waals surface area contributed by atoms with Crippen LogP contribution in [-0.4, -0.2) is 37.6 Å². The molecule has 0 bridgehead atoms. The maximum absolute atomic E-state index is 12.3. The van der Waals surface area contributed by atoms with Gasteiger partial charge in [-0.1, -0.05) is 24.3 Å². The van der Waals surface area contributed by atoms with Crippen LogP contribution in [0.25, 0.3) is 17.5 Å². The van der Waals surface area contributed by atoms with Crippen molar-refractivity contribution in [1.29, 1.82) is 0 Å². The molecule has 0 fully saturated rings. The van der Waals surface area contributed by atoms with Gasteiger partial charge in [-0.05, 0) is 41.1 Å². The van der Waals surface area contributed by atoms with E-state index in [9.17, 15) is 9.59 Å². The highest BCUT2D eigenvalue weighted by Crippen LogP contribution is 2.16. The molecule has 0 aliphatic carbocycles. The molecule has 3 aromatic rings. The summed E-state index contributed by atoms with van der Waals surface area (Å²) >= 11 is 0. The van der Waals surface area contributed by atoms with Crippen molar-refractivity contribution in [1.82, 2.24) is 20.6 Å². The molecule has 25 heavy (non-hydrogen) atoms. The van der Waals surface area contributed by atoms with E-state index in [0.29, 0.717) is 17.1 Å². The summed E-state index contributed by atoms with van der Waals surface area (Å²) in [7, 11) is 0. The second-order valence-electron chi connectivity index (χ2n) is 5.06. The number of amides is 1. The summed E-state index contributed by atoms with van der Waals surface area (Å²) < 4.78 is 0. The van der Waals surface area contributed by atoms with Crippen LogP contribution in [0.4, 0.5) is 5.69 Å². The molecule has 8 heteroatoms. The van der Waals surface area contributed by atoms with Gasteiger partial charge in [-0.3, -0.25) is 4.79 Å². The van der Waals surface area contributed by atoms with E-state index in [2.05, 4.69) is 25.9 Å². The number of aromatic nitrogens is 4. The van der Waals surface area contributed by atoms with E-state index in [4.69, 9.17) is 5.11 Å². The quantitative estimate of drug-likeness (QED) is 0.615. The number of hydrogen-bond donors (Lipinski definition) is 3. The van der Waals surface area contributed by atoms with Crippen LogP contribution in [0.5, 0.6) is 0 Å². The lowest BCUT2D eigenvalue weighted by Crippen LogP contribution is -2.11. The molecule has 0 unspecified atom stereocenters. The van der Waals surface area contributed by atoms with Crippen LogP contribution in [0.3, 0.4) is 0 Å². The van der Waals surface area contributed by atoms with Crippen LogP contribution in [-0.2, 0) is 4.79 Å². The van der Waals surface area contributed by atoms with Gasteiger partial charge in [-0.2, -0.15) is 5.21 Å². The molecule has 2 aromatic carbocycles. The zero-order valence-corrected chi connectivity index (χ0v) is 12.9. The van der Waals surface area contributed by atoms with E-state index in [-0.39, 0.29) is 5.91 Å². The number of rotatable bonds is 5. The van der Waals surface area contributed by atoms with Gasteiger partial charge < -0.3 is 10.4 Å². The molecule has 0 saturated heterocycles. The minimum absolute atomic E-state index is 0.256. The number of H-pyrrole nitrogens is 1. The molecule has 0 radical (unpaired) electrons. The summed E-state index contributed by atoms with van der Waals surface area (Å²) in [6.07, 6.45) is 2.53. The van der Waals surface area contributed by atoms with E-state index in [1.807, 2.05) is 0 Å². The van der Waals surface area contributed by atoms with Gasteiger partial charge in [-0.25, -0.2) is 4.79 Å². The molecule has 3 rings (SSSR count). The van der Waals surface area contributed by atoms with Gasteiger partial charge in [0.25, 0.3) is 5.91 Å². The number of hydrogen-bond acceptors (Lipinski definition) is 5. The molecule has 8 nitrogen and oxygen atoms in total. The van der Waals surface area contributed by atoms with Crippen LogP contribution in [0.1, 0.15) is 15.9 Å². The maximum Gasteiger partial charge on any atom is 0.328 e. The fraction of sp³-hybridized carbons (Fsp3) is 0. The summed E-state index contributed by atoms with van der Waals surface area (Å²) in [4.78, 5) is 22.7. The molecule has 0 aliphatic rings. The minimum Gasteiger partial charge on any atom is -0.478 e. The normalized spacial score (nSPS) is 10.7. The predicted molar refractivity (Wildman–Crippen MR) is 90.7 cm³/mol. The minimum atomic E-state index is -1.01. The van der Waals surface area contributed by atoms with E-state index in [1.165, 1.54) is 6.08 Å². The van der Waals surface area contributed by atoms with Gasteiger partial charge in [0.2, 0.25) is 5.82 Å². The second-order valence-corrected chi connectivity index (χ2v) is 5.06. The molecule has 1 amide bonds. The van der Waals surface area contributed by atoms with Gasteiger partial charge in [-0.15, -0.1) is 10.2 Å². The molecule has 3 N–H and O–H groups in total. The van der Waals surface area contributed by atoms with Gasteiger partial charge in [0.15, 0.2) is 0 Å². The Labute approximate surface area is 142 Å². The lowest BCUT2D eigenvalue weighted by atomic mass is 10.1. The highest BCUT2D eigenvalue weighted by atomic mass is 16.4. The first kappa shape index (κ1) is 16.1. The standard InChI is InChI=1S/C17H13N5O3/c23-15(24)10-3-11-1-8-14(9-2-11)18-17(25)13-6-4-12(5-7-13)16-19-21-22-20-16/h1-10H,(H,18,25)(H,23,24)(H,19,20,21,22)/b10-3+. The van der Waals surface area contributed by atoms with Crippen LogP contribution < -0.4 is 5.32 Å². The van der Waals surface area contributed by atoms with E-state index in [0.717, 1.165) is 17.2 Å². The number of nitrogens with zero attached hydrogens (tertiary/aromatic N) is 3. The Kier molecular flexibility index (Phi) is 4.61. The third-order valence-corrected chi connectivity index (χ3v) is 3.34. The van der Waals surface area contributed by atoms with Crippen LogP contribution in [0.2, 0.25) is 0 Å². The monoisotopic (exact) mass is 335 g/mol. The molecule has 0 atom stereocenters. The Bertz CT molecular complexity index is 900. The number of carbonyl (C=O) groups excluding carboxylic acids is 1. The average molecular weight is 335 g/mol. The van der Waals surface area contributed by atoms with Gasteiger partial charge >= 0.3 is 5.97 Å². The van der Waals surface area contributed by atoms with Crippen molar-refractivity contribution in [3.05, 3.63) is 65.7 Å². The van der Waals surface area contributed by atoms with Crippen molar-refractivity contribution < 1.29 is 14.7 Å². The van der Waals surface area contributed by atoms with Crippen LogP contribution in [0, 0.1) is 0 Å². The number of benzene rings is 2. The summed E-state index contributed by atoms with van der Waals surface area (Å²) in [6.45, 7) is 0. The first-order valence-corrected chi connectivity index (χ1v) is 7.28. The molecule has 124 valence electrons. The van der Waals surface area contributed by atoms with Crippen molar-refractivity contribution in [3.63, 3.8) is 0 Å². The Morgan fingerprint density at radius 2 is 1.76 bits per heavy atom. The largest absolute Gasteiger partial charge is 0.478 e.